The molecule has 3 rings (SSSR count). The van der Waals surface area contributed by atoms with Crippen molar-refractivity contribution < 1.29 is 4.79 Å². The first-order valence-corrected chi connectivity index (χ1v) is 7.28. The molecular formula is C16H14N2OS. The highest BCUT2D eigenvalue weighted by atomic mass is 32.1. The molecule has 0 spiro atoms. The number of aromatic nitrogens is 1. The highest BCUT2D eigenvalue weighted by Crippen LogP contribution is 2.20. The first-order valence-electron chi connectivity index (χ1n) is 6.40. The molecule has 0 aliphatic rings. The summed E-state index contributed by atoms with van der Waals surface area (Å²) in [5.41, 5.74) is 3.18. The van der Waals surface area contributed by atoms with E-state index in [-0.39, 0.29) is 5.91 Å². The molecule has 0 radical (unpaired) electrons. The Balaban J connectivity index is 1.87. The zero-order valence-electron chi connectivity index (χ0n) is 11.1. The Kier molecular flexibility index (Phi) is 3.48. The van der Waals surface area contributed by atoms with Gasteiger partial charge < -0.3 is 5.32 Å². The number of pyridine rings is 1. The van der Waals surface area contributed by atoms with E-state index < -0.39 is 0 Å². The second-order valence-corrected chi connectivity index (χ2v) is 5.54. The lowest BCUT2D eigenvalue weighted by Gasteiger charge is -2.10. The van der Waals surface area contributed by atoms with Crippen molar-refractivity contribution in [3.05, 3.63) is 64.0 Å². The molecule has 0 atom stereocenters. The average Bonchev–Trinajstić information content (AvgIpc) is 3.00. The third kappa shape index (κ3) is 2.42. The van der Waals surface area contributed by atoms with Gasteiger partial charge in [0.1, 0.15) is 0 Å². The van der Waals surface area contributed by atoms with E-state index in [9.17, 15) is 4.79 Å². The lowest BCUT2D eigenvalue weighted by molar-refractivity contribution is 0.0955. The molecule has 3 aromatic rings. The van der Waals surface area contributed by atoms with E-state index in [2.05, 4.69) is 22.4 Å². The molecule has 0 saturated heterocycles. The third-order valence-electron chi connectivity index (χ3n) is 3.28. The number of rotatable bonds is 3. The minimum Gasteiger partial charge on any atom is -0.347 e. The van der Waals surface area contributed by atoms with E-state index >= 15 is 0 Å². The van der Waals surface area contributed by atoms with E-state index in [1.807, 2.05) is 36.6 Å². The molecule has 20 heavy (non-hydrogen) atoms. The van der Waals surface area contributed by atoms with Crippen LogP contribution in [-0.4, -0.2) is 10.9 Å². The van der Waals surface area contributed by atoms with Gasteiger partial charge in [-0.3, -0.25) is 9.78 Å². The predicted molar refractivity (Wildman–Crippen MR) is 82.0 cm³/mol. The fourth-order valence-corrected chi connectivity index (χ4v) is 2.83. The van der Waals surface area contributed by atoms with Crippen LogP contribution in [0.5, 0.6) is 0 Å². The van der Waals surface area contributed by atoms with Gasteiger partial charge in [0.2, 0.25) is 0 Å². The summed E-state index contributed by atoms with van der Waals surface area (Å²) in [7, 11) is 0. The minimum atomic E-state index is -0.0349. The number of nitrogens with zero attached hydrogens (tertiary/aromatic N) is 1. The Morgan fingerprint density at radius 1 is 1.25 bits per heavy atom. The number of thiophene rings is 1. The Labute approximate surface area is 121 Å². The summed E-state index contributed by atoms with van der Waals surface area (Å²) in [6.07, 6.45) is 1.78. The molecule has 4 heteroatoms. The van der Waals surface area contributed by atoms with Gasteiger partial charge in [0.05, 0.1) is 10.4 Å². The Hall–Kier alpha value is -2.20. The van der Waals surface area contributed by atoms with Crippen molar-refractivity contribution in [2.75, 3.05) is 0 Å². The van der Waals surface area contributed by atoms with Crippen molar-refractivity contribution >= 4 is 28.1 Å². The van der Waals surface area contributed by atoms with Gasteiger partial charge in [0.25, 0.3) is 5.91 Å². The highest BCUT2D eigenvalue weighted by molar-refractivity contribution is 7.12. The number of amides is 1. The van der Waals surface area contributed by atoms with Gasteiger partial charge in [-0.05, 0) is 30.0 Å². The third-order valence-corrected chi connectivity index (χ3v) is 4.15. The second-order valence-electron chi connectivity index (χ2n) is 4.60. The van der Waals surface area contributed by atoms with Crippen LogP contribution < -0.4 is 5.32 Å². The molecule has 1 aromatic carbocycles. The van der Waals surface area contributed by atoms with Gasteiger partial charge in [-0.2, -0.15) is 0 Å². The number of hydrogen-bond donors (Lipinski definition) is 1. The normalized spacial score (nSPS) is 10.7. The molecule has 2 heterocycles. The number of nitrogens with one attached hydrogen (secondary N) is 1. The fourth-order valence-electron chi connectivity index (χ4n) is 2.19. The maximum absolute atomic E-state index is 12.0. The molecule has 0 saturated carbocycles. The average molecular weight is 282 g/mol. The SMILES string of the molecule is Cc1ccc2cccnc2c1CNC(=O)c1cccs1. The largest absolute Gasteiger partial charge is 0.347 e. The zero-order chi connectivity index (χ0) is 13.9. The maximum atomic E-state index is 12.0. The molecule has 1 amide bonds. The number of benzene rings is 1. The summed E-state index contributed by atoms with van der Waals surface area (Å²) in [4.78, 5) is 17.2. The summed E-state index contributed by atoms with van der Waals surface area (Å²) >= 11 is 1.45. The number of hydrogen-bond acceptors (Lipinski definition) is 3. The number of fused-ring (bicyclic) bond motifs is 1. The molecule has 2 aromatic heterocycles. The number of aryl methyl sites for hydroxylation is 1. The molecule has 0 fully saturated rings. The van der Waals surface area contributed by atoms with E-state index in [0.717, 1.165) is 26.9 Å². The highest BCUT2D eigenvalue weighted by Gasteiger charge is 2.09. The topological polar surface area (TPSA) is 42.0 Å². The second kappa shape index (κ2) is 5.43. The van der Waals surface area contributed by atoms with Crippen LogP contribution in [0.2, 0.25) is 0 Å². The standard InChI is InChI=1S/C16H14N2OS/c1-11-6-7-12-4-2-8-17-15(12)13(11)10-18-16(19)14-5-3-9-20-14/h2-9H,10H2,1H3,(H,18,19). The molecule has 0 bridgehead atoms. The monoisotopic (exact) mass is 282 g/mol. The summed E-state index contributed by atoms with van der Waals surface area (Å²) in [5, 5.41) is 5.96. The van der Waals surface area contributed by atoms with Crippen molar-refractivity contribution in [2.24, 2.45) is 0 Å². The van der Waals surface area contributed by atoms with Crippen LogP contribution in [0, 0.1) is 6.92 Å². The van der Waals surface area contributed by atoms with E-state index in [1.165, 1.54) is 11.3 Å². The molecular weight excluding hydrogens is 268 g/mol. The molecule has 3 nitrogen and oxygen atoms in total. The van der Waals surface area contributed by atoms with Crippen molar-refractivity contribution in [1.29, 1.82) is 0 Å². The fraction of sp³-hybridized carbons (Fsp3) is 0.125. The molecule has 1 N–H and O–H groups in total. The van der Waals surface area contributed by atoms with Crippen LogP contribution >= 0.6 is 11.3 Å². The van der Waals surface area contributed by atoms with Crippen LogP contribution in [0.1, 0.15) is 20.8 Å². The van der Waals surface area contributed by atoms with Gasteiger partial charge in [0.15, 0.2) is 0 Å². The van der Waals surface area contributed by atoms with Crippen molar-refractivity contribution in [3.63, 3.8) is 0 Å². The smallest absolute Gasteiger partial charge is 0.261 e. The van der Waals surface area contributed by atoms with E-state index in [4.69, 9.17) is 0 Å². The van der Waals surface area contributed by atoms with Crippen LogP contribution in [0.25, 0.3) is 10.9 Å². The molecule has 0 aliphatic carbocycles. The van der Waals surface area contributed by atoms with Crippen LogP contribution in [0.4, 0.5) is 0 Å². The quantitative estimate of drug-likeness (QED) is 0.798. The molecule has 0 aliphatic heterocycles. The molecule has 0 unspecified atom stereocenters. The van der Waals surface area contributed by atoms with Crippen LogP contribution in [0.3, 0.4) is 0 Å². The van der Waals surface area contributed by atoms with E-state index in [1.54, 1.807) is 6.20 Å². The van der Waals surface area contributed by atoms with Crippen molar-refractivity contribution in [3.8, 4) is 0 Å². The lowest BCUT2D eigenvalue weighted by atomic mass is 10.0. The van der Waals surface area contributed by atoms with Gasteiger partial charge in [-0.1, -0.05) is 24.3 Å². The summed E-state index contributed by atoms with van der Waals surface area (Å²) in [6.45, 7) is 2.54. The Morgan fingerprint density at radius 2 is 2.15 bits per heavy atom. The summed E-state index contributed by atoms with van der Waals surface area (Å²) in [6, 6.07) is 11.8. The zero-order valence-corrected chi connectivity index (χ0v) is 11.9. The van der Waals surface area contributed by atoms with Gasteiger partial charge in [-0.15, -0.1) is 11.3 Å². The first-order chi connectivity index (χ1) is 9.75. The van der Waals surface area contributed by atoms with Crippen molar-refractivity contribution in [2.45, 2.75) is 13.5 Å². The predicted octanol–water partition coefficient (Wildman–Crippen LogP) is 3.53. The van der Waals surface area contributed by atoms with Gasteiger partial charge in [-0.25, -0.2) is 0 Å². The number of carbonyl (C=O) groups is 1. The van der Waals surface area contributed by atoms with Crippen LogP contribution in [-0.2, 0) is 6.54 Å². The molecule has 100 valence electrons. The van der Waals surface area contributed by atoms with Crippen molar-refractivity contribution in [1.82, 2.24) is 10.3 Å². The first kappa shape index (κ1) is 12.8. The minimum absolute atomic E-state index is 0.0349. The summed E-state index contributed by atoms with van der Waals surface area (Å²) in [5.74, 6) is -0.0349. The van der Waals surface area contributed by atoms with Gasteiger partial charge >= 0.3 is 0 Å². The maximum Gasteiger partial charge on any atom is 0.261 e. The number of carbonyl (C=O) groups excluding carboxylic acids is 1. The Bertz CT molecular complexity index is 750. The summed E-state index contributed by atoms with van der Waals surface area (Å²) < 4.78 is 0. The lowest BCUT2D eigenvalue weighted by Crippen LogP contribution is -2.22. The Morgan fingerprint density at radius 3 is 2.95 bits per heavy atom. The van der Waals surface area contributed by atoms with Gasteiger partial charge in [0, 0.05) is 23.7 Å². The van der Waals surface area contributed by atoms with E-state index in [0.29, 0.717) is 6.54 Å². The van der Waals surface area contributed by atoms with Crippen LogP contribution in [0.15, 0.2) is 48.0 Å².